The number of alkyl halides is 1. The molecule has 0 aliphatic carbocycles. The molecule has 2 atom stereocenters. The van der Waals surface area contributed by atoms with E-state index >= 15 is 0 Å². The Kier molecular flexibility index (Phi) is 4.37. The van der Waals surface area contributed by atoms with Crippen LogP contribution in [-0.2, 0) is 4.74 Å². The summed E-state index contributed by atoms with van der Waals surface area (Å²) in [7, 11) is 0. The Morgan fingerprint density at radius 3 is 2.81 bits per heavy atom. The van der Waals surface area contributed by atoms with Crippen LogP contribution in [0.2, 0.25) is 5.15 Å². The third-order valence-corrected chi connectivity index (χ3v) is 3.39. The number of aromatic nitrogens is 1. The number of carbonyl (C=O) groups excluding carboxylic acids is 1. The van der Waals surface area contributed by atoms with Gasteiger partial charge in [0.05, 0.1) is 18.8 Å². The summed E-state index contributed by atoms with van der Waals surface area (Å²) in [6.45, 7) is 5.06. The first-order valence-electron chi connectivity index (χ1n) is 6.62. The molecule has 0 spiro atoms. The molecule has 116 valence electrons. The van der Waals surface area contributed by atoms with Crippen molar-refractivity contribution in [3.05, 3.63) is 28.8 Å². The fraction of sp³-hybridized carbons (Fsp3) is 0.571. The van der Waals surface area contributed by atoms with Crippen LogP contribution in [0.3, 0.4) is 0 Å². The van der Waals surface area contributed by atoms with E-state index in [2.05, 4.69) is 4.98 Å². The second-order valence-electron chi connectivity index (χ2n) is 6.02. The molecule has 1 aromatic rings. The molecular weight excluding hydrogens is 302 g/mol. The Bertz CT molecular complexity index is 548. The highest BCUT2D eigenvalue weighted by molar-refractivity contribution is 6.30. The zero-order chi connectivity index (χ0) is 15.8. The fourth-order valence-electron chi connectivity index (χ4n) is 2.27. The molecule has 2 heterocycles. The molecule has 21 heavy (non-hydrogen) atoms. The average molecular weight is 319 g/mol. The Hall–Kier alpha value is -1.43. The van der Waals surface area contributed by atoms with Gasteiger partial charge in [0.15, 0.2) is 0 Å². The largest absolute Gasteiger partial charge is 0.444 e. The number of amides is 1. The van der Waals surface area contributed by atoms with Crippen LogP contribution in [0.5, 0.6) is 0 Å². The first kappa shape index (κ1) is 15.9. The average Bonchev–Trinajstić information content (AvgIpc) is 2.72. The van der Waals surface area contributed by atoms with E-state index in [-0.39, 0.29) is 18.1 Å². The molecule has 0 N–H and O–H groups in total. The second-order valence-corrected chi connectivity index (χ2v) is 6.37. The molecule has 7 heteroatoms. The minimum atomic E-state index is -1.21. The van der Waals surface area contributed by atoms with E-state index in [0.717, 1.165) is 6.20 Å². The molecule has 0 saturated carbocycles. The molecule has 1 fully saturated rings. The first-order chi connectivity index (χ1) is 9.67. The summed E-state index contributed by atoms with van der Waals surface area (Å²) in [5.74, 6) is -0.583. The number of rotatable bonds is 1. The van der Waals surface area contributed by atoms with Gasteiger partial charge in [-0.05, 0) is 26.8 Å². The Balaban J connectivity index is 2.28. The van der Waals surface area contributed by atoms with Crippen molar-refractivity contribution >= 4 is 17.7 Å². The summed E-state index contributed by atoms with van der Waals surface area (Å²) in [4.78, 5) is 17.1. The van der Waals surface area contributed by atoms with Crippen LogP contribution in [0.1, 0.15) is 38.8 Å². The van der Waals surface area contributed by atoms with Crippen molar-refractivity contribution in [3.63, 3.8) is 0 Å². The lowest BCUT2D eigenvalue weighted by atomic mass is 10.1. The van der Waals surface area contributed by atoms with Crippen molar-refractivity contribution in [1.82, 2.24) is 9.88 Å². The molecule has 1 aromatic heterocycles. The SMILES string of the molecule is CC(C)(C)OC(=O)N1CC(F)CC1c1cc(F)cnc1Cl. The van der Waals surface area contributed by atoms with Gasteiger partial charge in [-0.15, -0.1) is 0 Å². The molecule has 1 aliphatic rings. The molecule has 1 saturated heterocycles. The predicted molar refractivity (Wildman–Crippen MR) is 74.4 cm³/mol. The van der Waals surface area contributed by atoms with Gasteiger partial charge in [-0.2, -0.15) is 0 Å². The number of hydrogen-bond donors (Lipinski definition) is 0. The van der Waals surface area contributed by atoms with Gasteiger partial charge in [0.2, 0.25) is 0 Å². The Morgan fingerprint density at radius 2 is 2.19 bits per heavy atom. The summed E-state index contributed by atoms with van der Waals surface area (Å²) in [6, 6.07) is 0.501. The lowest BCUT2D eigenvalue weighted by Crippen LogP contribution is -2.37. The highest BCUT2D eigenvalue weighted by atomic mass is 35.5. The molecule has 1 amide bonds. The number of pyridine rings is 1. The number of carbonyl (C=O) groups is 1. The van der Waals surface area contributed by atoms with Gasteiger partial charge in [0.25, 0.3) is 0 Å². The maximum atomic E-state index is 13.7. The number of nitrogens with zero attached hydrogens (tertiary/aromatic N) is 2. The van der Waals surface area contributed by atoms with Crippen LogP contribution >= 0.6 is 11.6 Å². The van der Waals surface area contributed by atoms with Crippen LogP contribution in [0.15, 0.2) is 12.3 Å². The molecule has 0 radical (unpaired) electrons. The third kappa shape index (κ3) is 3.81. The summed E-state index contributed by atoms with van der Waals surface area (Å²) >= 11 is 5.95. The second kappa shape index (κ2) is 5.75. The topological polar surface area (TPSA) is 42.4 Å². The van der Waals surface area contributed by atoms with Crippen molar-refractivity contribution in [2.75, 3.05) is 6.54 Å². The van der Waals surface area contributed by atoms with Crippen molar-refractivity contribution in [1.29, 1.82) is 0 Å². The molecule has 0 bridgehead atoms. The van der Waals surface area contributed by atoms with E-state index in [4.69, 9.17) is 16.3 Å². The Morgan fingerprint density at radius 1 is 1.52 bits per heavy atom. The summed E-state index contributed by atoms with van der Waals surface area (Å²) in [6.07, 6.45) is -0.829. The monoisotopic (exact) mass is 318 g/mol. The summed E-state index contributed by atoms with van der Waals surface area (Å²) < 4.78 is 32.3. The zero-order valence-electron chi connectivity index (χ0n) is 12.1. The van der Waals surface area contributed by atoms with Gasteiger partial charge in [0, 0.05) is 12.0 Å². The smallest absolute Gasteiger partial charge is 0.410 e. The van der Waals surface area contributed by atoms with Crippen molar-refractivity contribution in [2.24, 2.45) is 0 Å². The van der Waals surface area contributed by atoms with E-state index in [0.29, 0.717) is 5.56 Å². The van der Waals surface area contributed by atoms with Crippen molar-refractivity contribution in [2.45, 2.75) is 45.0 Å². The highest BCUT2D eigenvalue weighted by Gasteiger charge is 2.39. The predicted octanol–water partition coefficient (Wildman–Crippen LogP) is 3.89. The van der Waals surface area contributed by atoms with Crippen LogP contribution in [0, 0.1) is 5.82 Å². The van der Waals surface area contributed by atoms with E-state index < -0.39 is 29.7 Å². The number of halogens is 3. The maximum Gasteiger partial charge on any atom is 0.410 e. The lowest BCUT2D eigenvalue weighted by Gasteiger charge is -2.28. The molecule has 4 nitrogen and oxygen atoms in total. The molecule has 2 rings (SSSR count). The van der Waals surface area contributed by atoms with E-state index in [1.54, 1.807) is 20.8 Å². The fourth-order valence-corrected chi connectivity index (χ4v) is 2.50. The van der Waals surface area contributed by atoms with E-state index in [9.17, 15) is 13.6 Å². The number of hydrogen-bond acceptors (Lipinski definition) is 3. The number of ether oxygens (including phenoxy) is 1. The first-order valence-corrected chi connectivity index (χ1v) is 7.00. The van der Waals surface area contributed by atoms with Crippen LogP contribution in [-0.4, -0.2) is 34.3 Å². The summed E-state index contributed by atoms with van der Waals surface area (Å²) in [5, 5.41) is 0.0593. The lowest BCUT2D eigenvalue weighted by molar-refractivity contribution is 0.0216. The van der Waals surface area contributed by atoms with Crippen LogP contribution in [0.4, 0.5) is 13.6 Å². The Labute approximate surface area is 127 Å². The standard InChI is InChI=1S/C14H17ClF2N2O2/c1-14(2,3)21-13(20)19-7-9(17)5-11(19)10-4-8(16)6-18-12(10)15/h4,6,9,11H,5,7H2,1-3H3. The molecule has 0 aromatic carbocycles. The normalized spacial score (nSPS) is 22.5. The van der Waals surface area contributed by atoms with Crippen LogP contribution < -0.4 is 0 Å². The maximum absolute atomic E-state index is 13.7. The summed E-state index contributed by atoms with van der Waals surface area (Å²) in [5.41, 5.74) is -0.400. The van der Waals surface area contributed by atoms with Gasteiger partial charge in [-0.25, -0.2) is 18.6 Å². The van der Waals surface area contributed by atoms with E-state index in [1.165, 1.54) is 11.0 Å². The molecule has 2 unspecified atom stereocenters. The minimum absolute atomic E-state index is 0.0457. The van der Waals surface area contributed by atoms with E-state index in [1.807, 2.05) is 0 Å². The van der Waals surface area contributed by atoms with Crippen molar-refractivity contribution in [3.8, 4) is 0 Å². The molecular formula is C14H17ClF2N2O2. The van der Waals surface area contributed by atoms with Gasteiger partial charge >= 0.3 is 6.09 Å². The quantitative estimate of drug-likeness (QED) is 0.738. The number of likely N-dealkylation sites (tertiary alicyclic amines) is 1. The third-order valence-electron chi connectivity index (χ3n) is 3.07. The van der Waals surface area contributed by atoms with Crippen molar-refractivity contribution < 1.29 is 18.3 Å². The zero-order valence-corrected chi connectivity index (χ0v) is 12.8. The molecule has 1 aliphatic heterocycles. The van der Waals surface area contributed by atoms with Gasteiger partial charge < -0.3 is 4.74 Å². The van der Waals surface area contributed by atoms with Crippen LogP contribution in [0.25, 0.3) is 0 Å². The van der Waals surface area contributed by atoms with Gasteiger partial charge in [0.1, 0.15) is 22.7 Å². The highest BCUT2D eigenvalue weighted by Crippen LogP contribution is 2.37. The van der Waals surface area contributed by atoms with Gasteiger partial charge in [-0.1, -0.05) is 11.6 Å². The van der Waals surface area contributed by atoms with Gasteiger partial charge in [-0.3, -0.25) is 4.90 Å². The minimum Gasteiger partial charge on any atom is -0.444 e.